The number of rotatable bonds is 3. The van der Waals surface area contributed by atoms with Gasteiger partial charge in [0.15, 0.2) is 11.6 Å². The van der Waals surface area contributed by atoms with E-state index in [1.54, 1.807) is 24.4 Å². The van der Waals surface area contributed by atoms with Crippen molar-refractivity contribution in [1.82, 2.24) is 19.5 Å². The maximum absolute atomic E-state index is 13.3. The molecule has 0 saturated heterocycles. The minimum absolute atomic E-state index is 0.187. The molecule has 0 atom stereocenters. The summed E-state index contributed by atoms with van der Waals surface area (Å²) in [7, 11) is 0. The van der Waals surface area contributed by atoms with Crippen molar-refractivity contribution in [1.29, 1.82) is 0 Å². The van der Waals surface area contributed by atoms with Gasteiger partial charge in [0.25, 0.3) is 0 Å². The molecule has 1 saturated carbocycles. The lowest BCUT2D eigenvalue weighted by molar-refractivity contribution is 0.0101. The quantitative estimate of drug-likeness (QED) is 0.738. The Morgan fingerprint density at radius 3 is 2.52 bits per heavy atom. The highest BCUT2D eigenvalue weighted by atomic mass is 19.1. The van der Waals surface area contributed by atoms with Crippen LogP contribution in [-0.2, 0) is 0 Å². The van der Waals surface area contributed by atoms with E-state index in [1.165, 1.54) is 12.1 Å². The molecule has 1 aliphatic carbocycles. The summed E-state index contributed by atoms with van der Waals surface area (Å²) in [5.41, 5.74) is 6.76. The molecular formula is C20H22FN5O. The number of benzene rings is 1. The van der Waals surface area contributed by atoms with E-state index < -0.39 is 5.60 Å². The fourth-order valence-electron chi connectivity index (χ4n) is 3.58. The van der Waals surface area contributed by atoms with Crippen LogP contribution in [0.3, 0.4) is 0 Å². The highest BCUT2D eigenvalue weighted by Crippen LogP contribution is 2.37. The summed E-state index contributed by atoms with van der Waals surface area (Å²) in [6, 6.07) is 8.07. The Hall–Kier alpha value is -2.80. The van der Waals surface area contributed by atoms with E-state index in [-0.39, 0.29) is 11.9 Å². The molecule has 2 heterocycles. The van der Waals surface area contributed by atoms with E-state index in [2.05, 4.69) is 14.5 Å². The molecule has 140 valence electrons. The van der Waals surface area contributed by atoms with Crippen LogP contribution in [0.1, 0.15) is 38.6 Å². The lowest BCUT2D eigenvalue weighted by Crippen LogP contribution is -2.31. The van der Waals surface area contributed by atoms with Gasteiger partial charge in [0, 0.05) is 24.0 Å². The molecule has 27 heavy (non-hydrogen) atoms. The monoisotopic (exact) mass is 367 g/mol. The predicted molar refractivity (Wildman–Crippen MR) is 101 cm³/mol. The molecule has 0 radical (unpaired) electrons. The number of hydrogen-bond donors (Lipinski definition) is 2. The third kappa shape index (κ3) is 3.68. The number of anilines is 1. The minimum atomic E-state index is -0.620. The van der Waals surface area contributed by atoms with Crippen molar-refractivity contribution >= 4 is 5.82 Å². The van der Waals surface area contributed by atoms with Gasteiger partial charge in [-0.25, -0.2) is 19.3 Å². The fourth-order valence-corrected chi connectivity index (χ4v) is 3.58. The molecule has 1 aliphatic rings. The van der Waals surface area contributed by atoms with Crippen molar-refractivity contribution in [3.05, 3.63) is 48.5 Å². The third-order valence-electron chi connectivity index (χ3n) is 5.18. The molecule has 0 unspecified atom stereocenters. The first-order valence-electron chi connectivity index (χ1n) is 9.07. The van der Waals surface area contributed by atoms with Crippen LogP contribution in [-0.4, -0.2) is 30.2 Å². The lowest BCUT2D eigenvalue weighted by atomic mass is 9.83. The highest BCUT2D eigenvalue weighted by molar-refractivity contribution is 5.62. The van der Waals surface area contributed by atoms with Gasteiger partial charge in [-0.2, -0.15) is 0 Å². The van der Waals surface area contributed by atoms with Gasteiger partial charge >= 0.3 is 0 Å². The number of aromatic nitrogens is 4. The van der Waals surface area contributed by atoms with Crippen molar-refractivity contribution in [2.24, 2.45) is 0 Å². The van der Waals surface area contributed by atoms with Crippen molar-refractivity contribution in [2.45, 2.75) is 44.2 Å². The zero-order valence-electron chi connectivity index (χ0n) is 15.1. The normalized spacial score (nSPS) is 22.7. The molecule has 6 nitrogen and oxygen atoms in total. The molecule has 3 N–H and O–H groups in total. The van der Waals surface area contributed by atoms with E-state index in [1.807, 2.05) is 13.1 Å². The molecule has 0 aliphatic heterocycles. The smallest absolute Gasteiger partial charge is 0.197 e. The van der Waals surface area contributed by atoms with Gasteiger partial charge in [-0.05, 0) is 62.9 Å². The van der Waals surface area contributed by atoms with Gasteiger partial charge in [-0.1, -0.05) is 0 Å². The number of nitrogens with zero attached hydrogens (tertiary/aromatic N) is 4. The van der Waals surface area contributed by atoms with Gasteiger partial charge in [-0.15, -0.1) is 0 Å². The van der Waals surface area contributed by atoms with Crippen LogP contribution in [0.2, 0.25) is 0 Å². The lowest BCUT2D eigenvalue weighted by Gasteiger charge is -2.34. The average molecular weight is 367 g/mol. The Kier molecular flexibility index (Phi) is 4.39. The summed E-state index contributed by atoms with van der Waals surface area (Å²) >= 11 is 0. The van der Waals surface area contributed by atoms with Gasteiger partial charge in [0.1, 0.15) is 11.6 Å². The standard InChI is InChI=1S/C20H22FN5O/c1-20(27)9-6-15(7-10-20)26-12-16(13-2-4-14(21)5-3-13)24-19(26)18-23-11-8-17(22)25-18/h2-5,8,11-12,15,27H,6-7,9-10H2,1H3,(H2,22,23,25). The van der Waals surface area contributed by atoms with E-state index in [9.17, 15) is 9.50 Å². The van der Waals surface area contributed by atoms with Crippen LogP contribution in [0.4, 0.5) is 10.2 Å². The van der Waals surface area contributed by atoms with E-state index >= 15 is 0 Å². The Bertz CT molecular complexity index is 941. The van der Waals surface area contributed by atoms with Crippen LogP contribution >= 0.6 is 0 Å². The number of aliphatic hydroxyl groups is 1. The zero-order chi connectivity index (χ0) is 19.0. The molecular weight excluding hydrogens is 345 g/mol. The average Bonchev–Trinajstić information content (AvgIpc) is 3.07. The van der Waals surface area contributed by atoms with Crippen LogP contribution in [0.25, 0.3) is 22.9 Å². The summed E-state index contributed by atoms with van der Waals surface area (Å²) in [5, 5.41) is 10.3. The number of halogens is 1. The first-order valence-corrected chi connectivity index (χ1v) is 9.07. The second-order valence-corrected chi connectivity index (χ2v) is 7.40. The third-order valence-corrected chi connectivity index (χ3v) is 5.18. The van der Waals surface area contributed by atoms with Crippen LogP contribution in [0, 0.1) is 5.82 Å². The van der Waals surface area contributed by atoms with Gasteiger partial charge in [-0.3, -0.25) is 0 Å². The molecule has 3 aromatic rings. The number of hydrogen-bond acceptors (Lipinski definition) is 5. The van der Waals surface area contributed by atoms with Crippen molar-refractivity contribution in [2.75, 3.05) is 5.73 Å². The number of nitrogen functional groups attached to an aromatic ring is 1. The van der Waals surface area contributed by atoms with Crippen LogP contribution < -0.4 is 5.73 Å². The molecule has 0 spiro atoms. The largest absolute Gasteiger partial charge is 0.390 e. The van der Waals surface area contributed by atoms with E-state index in [0.29, 0.717) is 17.5 Å². The van der Waals surface area contributed by atoms with Gasteiger partial charge in [0.05, 0.1) is 11.3 Å². The van der Waals surface area contributed by atoms with Crippen molar-refractivity contribution in [3.8, 4) is 22.9 Å². The molecule has 1 fully saturated rings. The van der Waals surface area contributed by atoms with Gasteiger partial charge < -0.3 is 15.4 Å². The maximum Gasteiger partial charge on any atom is 0.197 e. The molecule has 0 amide bonds. The molecule has 1 aromatic carbocycles. The second kappa shape index (κ2) is 6.74. The zero-order valence-corrected chi connectivity index (χ0v) is 15.1. The fraction of sp³-hybridized carbons (Fsp3) is 0.350. The molecule has 4 rings (SSSR count). The molecule has 2 aromatic heterocycles. The SMILES string of the molecule is CC1(O)CCC(n2cc(-c3ccc(F)cc3)nc2-c2nccc(N)n2)CC1. The summed E-state index contributed by atoms with van der Waals surface area (Å²) in [4.78, 5) is 13.4. The highest BCUT2D eigenvalue weighted by Gasteiger charge is 2.31. The number of imidazole rings is 1. The number of nitrogens with two attached hydrogens (primary N) is 1. The van der Waals surface area contributed by atoms with Crippen molar-refractivity contribution < 1.29 is 9.50 Å². The molecule has 7 heteroatoms. The summed E-state index contributed by atoms with van der Waals surface area (Å²) in [6.45, 7) is 1.88. The predicted octanol–water partition coefficient (Wildman–Crippen LogP) is 3.59. The van der Waals surface area contributed by atoms with Crippen LogP contribution in [0.15, 0.2) is 42.7 Å². The topological polar surface area (TPSA) is 89.8 Å². The summed E-state index contributed by atoms with van der Waals surface area (Å²) < 4.78 is 15.3. The van der Waals surface area contributed by atoms with E-state index in [4.69, 9.17) is 10.7 Å². The first kappa shape index (κ1) is 17.6. The minimum Gasteiger partial charge on any atom is -0.390 e. The Morgan fingerprint density at radius 2 is 1.85 bits per heavy atom. The Balaban J connectivity index is 1.77. The van der Waals surface area contributed by atoms with Crippen LogP contribution in [0.5, 0.6) is 0 Å². The van der Waals surface area contributed by atoms with Gasteiger partial charge in [0.2, 0.25) is 0 Å². The molecule has 0 bridgehead atoms. The summed E-state index contributed by atoms with van der Waals surface area (Å²) in [6.07, 6.45) is 6.68. The van der Waals surface area contributed by atoms with E-state index in [0.717, 1.165) is 36.9 Å². The summed E-state index contributed by atoms with van der Waals surface area (Å²) in [5.74, 6) is 1.19. The Labute approximate surface area is 156 Å². The van der Waals surface area contributed by atoms with Crippen molar-refractivity contribution in [3.63, 3.8) is 0 Å². The second-order valence-electron chi connectivity index (χ2n) is 7.40. The Morgan fingerprint density at radius 1 is 1.15 bits per heavy atom. The maximum atomic E-state index is 13.3. The first-order chi connectivity index (χ1) is 12.9.